The van der Waals surface area contributed by atoms with Crippen molar-refractivity contribution in [3.63, 3.8) is 0 Å². The van der Waals surface area contributed by atoms with Crippen LogP contribution in [0.15, 0.2) is 12.1 Å². The summed E-state index contributed by atoms with van der Waals surface area (Å²) in [6, 6.07) is 3.28. The molecule has 1 amide bonds. The fourth-order valence-electron chi connectivity index (χ4n) is 1.88. The highest BCUT2D eigenvalue weighted by atomic mass is 16.5. The number of nitrogens with one attached hydrogen (secondary N) is 2. The molecule has 0 bridgehead atoms. The Morgan fingerprint density at radius 2 is 1.72 bits per heavy atom. The average molecular weight is 252 g/mol. The summed E-state index contributed by atoms with van der Waals surface area (Å²) in [5.74, 6) is 1.18. The summed E-state index contributed by atoms with van der Waals surface area (Å²) in [7, 11) is 6.52. The Kier molecular flexibility index (Phi) is 4.97. The monoisotopic (exact) mass is 252 g/mol. The third-order valence-corrected chi connectivity index (χ3v) is 2.88. The van der Waals surface area contributed by atoms with Crippen LogP contribution in [0.3, 0.4) is 0 Å². The molecule has 1 aromatic rings. The number of hydrogen-bond acceptors (Lipinski definition) is 4. The molecule has 1 atom stereocenters. The molecular formula is C13H20N2O3. The van der Waals surface area contributed by atoms with E-state index in [1.807, 2.05) is 19.1 Å². The summed E-state index contributed by atoms with van der Waals surface area (Å²) >= 11 is 0. The molecule has 0 heterocycles. The number of benzene rings is 1. The van der Waals surface area contributed by atoms with Crippen molar-refractivity contribution in [3.8, 4) is 11.5 Å². The second-order valence-electron chi connectivity index (χ2n) is 3.90. The summed E-state index contributed by atoms with van der Waals surface area (Å²) in [6.45, 7) is 1.94. The largest absolute Gasteiger partial charge is 0.493 e. The molecule has 0 spiro atoms. The highest BCUT2D eigenvalue weighted by Crippen LogP contribution is 2.32. The van der Waals surface area contributed by atoms with Crippen molar-refractivity contribution < 1.29 is 14.3 Å². The fourth-order valence-corrected chi connectivity index (χ4v) is 1.88. The van der Waals surface area contributed by atoms with Gasteiger partial charge in [-0.1, -0.05) is 0 Å². The lowest BCUT2D eigenvalue weighted by Crippen LogP contribution is -2.34. The molecule has 0 aliphatic carbocycles. The molecule has 0 radical (unpaired) electrons. The second kappa shape index (κ2) is 6.26. The fraction of sp³-hybridized carbons (Fsp3) is 0.462. The number of methoxy groups -OCH3 is 2. The Balaban J connectivity index is 3.26. The predicted octanol–water partition coefficient (Wildman–Crippen LogP) is 1.02. The lowest BCUT2D eigenvalue weighted by Gasteiger charge is -2.19. The van der Waals surface area contributed by atoms with Crippen LogP contribution in [0.1, 0.15) is 17.2 Å². The number of carbonyl (C=O) groups is 1. The molecule has 0 fully saturated rings. The molecule has 1 aromatic carbocycles. The van der Waals surface area contributed by atoms with E-state index in [0.717, 1.165) is 11.1 Å². The van der Waals surface area contributed by atoms with Crippen molar-refractivity contribution in [2.45, 2.75) is 13.0 Å². The van der Waals surface area contributed by atoms with Crippen LogP contribution in [0.4, 0.5) is 0 Å². The minimum absolute atomic E-state index is 0.0900. The van der Waals surface area contributed by atoms with Crippen LogP contribution in [-0.4, -0.2) is 34.2 Å². The van der Waals surface area contributed by atoms with Gasteiger partial charge in [0.2, 0.25) is 5.91 Å². The Bertz CT molecular complexity index is 432. The van der Waals surface area contributed by atoms with E-state index in [2.05, 4.69) is 10.6 Å². The van der Waals surface area contributed by atoms with E-state index in [-0.39, 0.29) is 5.91 Å². The normalized spacial score (nSPS) is 11.8. The first-order valence-corrected chi connectivity index (χ1v) is 5.70. The standard InChI is InChI=1S/C13H20N2O3/c1-8-6-10(17-4)11(18-5)7-9(8)12(14-2)13(16)15-3/h6-7,12,14H,1-5H3,(H,15,16). The summed E-state index contributed by atoms with van der Waals surface area (Å²) in [5.41, 5.74) is 1.84. The first-order chi connectivity index (χ1) is 8.58. The Labute approximate surface area is 107 Å². The van der Waals surface area contributed by atoms with Crippen LogP contribution in [0.5, 0.6) is 11.5 Å². The number of carbonyl (C=O) groups excluding carboxylic acids is 1. The maximum atomic E-state index is 11.8. The van der Waals surface area contributed by atoms with Crippen LogP contribution in [0, 0.1) is 6.92 Å². The molecule has 100 valence electrons. The van der Waals surface area contributed by atoms with Crippen molar-refractivity contribution in [1.29, 1.82) is 0 Å². The highest BCUT2D eigenvalue weighted by molar-refractivity contribution is 5.83. The number of ether oxygens (including phenoxy) is 2. The Morgan fingerprint density at radius 1 is 1.17 bits per heavy atom. The number of likely N-dealkylation sites (N-methyl/N-ethyl adjacent to an activating group) is 2. The van der Waals surface area contributed by atoms with E-state index in [1.54, 1.807) is 28.3 Å². The van der Waals surface area contributed by atoms with Crippen LogP contribution < -0.4 is 20.1 Å². The maximum absolute atomic E-state index is 11.8. The van der Waals surface area contributed by atoms with Gasteiger partial charge in [-0.15, -0.1) is 0 Å². The number of hydrogen-bond donors (Lipinski definition) is 2. The SMILES string of the molecule is CNC(=O)C(NC)c1cc(OC)c(OC)cc1C. The summed E-state index contributed by atoms with van der Waals surface area (Å²) in [4.78, 5) is 11.8. The topological polar surface area (TPSA) is 59.6 Å². The van der Waals surface area contributed by atoms with E-state index < -0.39 is 6.04 Å². The molecule has 0 aliphatic rings. The molecule has 5 heteroatoms. The third-order valence-electron chi connectivity index (χ3n) is 2.88. The van der Waals surface area contributed by atoms with E-state index >= 15 is 0 Å². The van der Waals surface area contributed by atoms with Gasteiger partial charge in [0.1, 0.15) is 6.04 Å². The Hall–Kier alpha value is -1.75. The number of rotatable bonds is 5. The lowest BCUT2D eigenvalue weighted by molar-refractivity contribution is -0.122. The van der Waals surface area contributed by atoms with Crippen molar-refractivity contribution in [2.24, 2.45) is 0 Å². The van der Waals surface area contributed by atoms with Gasteiger partial charge in [0.25, 0.3) is 0 Å². The number of amides is 1. The molecule has 18 heavy (non-hydrogen) atoms. The second-order valence-corrected chi connectivity index (χ2v) is 3.90. The lowest BCUT2D eigenvalue weighted by atomic mass is 9.99. The van der Waals surface area contributed by atoms with Gasteiger partial charge in [-0.3, -0.25) is 4.79 Å². The first kappa shape index (κ1) is 14.3. The van der Waals surface area contributed by atoms with Crippen molar-refractivity contribution in [3.05, 3.63) is 23.3 Å². The minimum Gasteiger partial charge on any atom is -0.493 e. The molecule has 5 nitrogen and oxygen atoms in total. The average Bonchev–Trinajstić information content (AvgIpc) is 2.40. The molecule has 1 rings (SSSR count). The predicted molar refractivity (Wildman–Crippen MR) is 70.2 cm³/mol. The maximum Gasteiger partial charge on any atom is 0.241 e. The molecule has 1 unspecified atom stereocenters. The first-order valence-electron chi connectivity index (χ1n) is 5.70. The van der Waals surface area contributed by atoms with Gasteiger partial charge in [0.15, 0.2) is 11.5 Å². The zero-order chi connectivity index (χ0) is 13.7. The molecule has 0 aromatic heterocycles. The molecule has 2 N–H and O–H groups in total. The Morgan fingerprint density at radius 3 is 2.17 bits per heavy atom. The van der Waals surface area contributed by atoms with Crippen LogP contribution in [0.2, 0.25) is 0 Å². The molecule has 0 saturated carbocycles. The van der Waals surface area contributed by atoms with Crippen LogP contribution >= 0.6 is 0 Å². The quantitative estimate of drug-likeness (QED) is 0.821. The summed E-state index contributed by atoms with van der Waals surface area (Å²) in [5, 5.41) is 5.62. The summed E-state index contributed by atoms with van der Waals surface area (Å²) in [6.07, 6.45) is 0. The zero-order valence-corrected chi connectivity index (χ0v) is 11.5. The zero-order valence-electron chi connectivity index (χ0n) is 11.5. The molecule has 0 aliphatic heterocycles. The van der Waals surface area contributed by atoms with Gasteiger partial charge in [-0.25, -0.2) is 0 Å². The number of aryl methyl sites for hydroxylation is 1. The van der Waals surface area contributed by atoms with Crippen molar-refractivity contribution >= 4 is 5.91 Å². The van der Waals surface area contributed by atoms with E-state index in [0.29, 0.717) is 11.5 Å². The molecular weight excluding hydrogens is 232 g/mol. The van der Waals surface area contributed by atoms with Crippen molar-refractivity contribution in [2.75, 3.05) is 28.3 Å². The van der Waals surface area contributed by atoms with Crippen molar-refractivity contribution in [1.82, 2.24) is 10.6 Å². The third kappa shape index (κ3) is 2.73. The van der Waals surface area contributed by atoms with E-state index in [4.69, 9.17) is 9.47 Å². The van der Waals surface area contributed by atoms with Gasteiger partial charge in [-0.2, -0.15) is 0 Å². The van der Waals surface area contributed by atoms with Gasteiger partial charge < -0.3 is 20.1 Å². The van der Waals surface area contributed by atoms with Gasteiger partial charge in [0, 0.05) is 7.05 Å². The van der Waals surface area contributed by atoms with Gasteiger partial charge in [-0.05, 0) is 37.2 Å². The smallest absolute Gasteiger partial charge is 0.241 e. The summed E-state index contributed by atoms with van der Waals surface area (Å²) < 4.78 is 10.5. The van der Waals surface area contributed by atoms with E-state index in [9.17, 15) is 4.79 Å². The van der Waals surface area contributed by atoms with E-state index in [1.165, 1.54) is 0 Å². The van der Waals surface area contributed by atoms with Crippen LogP contribution in [0.25, 0.3) is 0 Å². The van der Waals surface area contributed by atoms with Gasteiger partial charge in [0.05, 0.1) is 14.2 Å². The van der Waals surface area contributed by atoms with Crippen LogP contribution in [-0.2, 0) is 4.79 Å². The van der Waals surface area contributed by atoms with Gasteiger partial charge >= 0.3 is 0 Å². The molecule has 0 saturated heterocycles. The minimum atomic E-state index is -0.408. The highest BCUT2D eigenvalue weighted by Gasteiger charge is 2.21.